The number of hydrogen-bond donors (Lipinski definition) is 1. The minimum Gasteiger partial charge on any atom is -0.379 e. The number of ether oxygens (including phenoxy) is 2. The molecule has 2 saturated heterocycles. The van der Waals surface area contributed by atoms with E-state index < -0.39 is 23.0 Å². The van der Waals surface area contributed by atoms with Gasteiger partial charge >= 0.3 is 0 Å². The van der Waals surface area contributed by atoms with Crippen LogP contribution in [-0.2, 0) is 24.7 Å². The number of rotatable bonds is 3. The lowest BCUT2D eigenvalue weighted by molar-refractivity contribution is -0.172. The quantitative estimate of drug-likeness (QED) is 0.847. The Labute approximate surface area is 158 Å². The Kier molecular flexibility index (Phi) is 4.58. The largest absolute Gasteiger partial charge is 0.379 e. The molecule has 2 fully saturated rings. The van der Waals surface area contributed by atoms with Gasteiger partial charge in [-0.15, -0.1) is 0 Å². The minimum atomic E-state index is -1.88. The predicted octanol–water partition coefficient (Wildman–Crippen LogP) is 0.895. The topological polar surface area (TPSA) is 79.3 Å². The lowest BCUT2D eigenvalue weighted by atomic mass is 9.76. The Balaban J connectivity index is 1.67. The molecule has 27 heavy (non-hydrogen) atoms. The number of benzene rings is 1. The first kappa shape index (κ1) is 18.6. The van der Waals surface area contributed by atoms with Gasteiger partial charge in [0.15, 0.2) is 5.60 Å². The molecule has 1 aromatic carbocycles. The predicted molar refractivity (Wildman–Crippen MR) is 98.2 cm³/mol. The lowest BCUT2D eigenvalue weighted by Gasteiger charge is -2.39. The fourth-order valence-electron chi connectivity index (χ4n) is 4.23. The number of aliphatic hydroxyl groups is 1. The van der Waals surface area contributed by atoms with Gasteiger partial charge in [-0.3, -0.25) is 19.4 Å². The number of carbonyl (C=O) groups is 2. The SMILES string of the molecule is CC1(C)CC(=O)[C@@H]([C@@]2(O)C(=O)N(CN3CCOCC3)c3ccccc32)CO1. The van der Waals surface area contributed by atoms with Gasteiger partial charge in [-0.2, -0.15) is 0 Å². The van der Waals surface area contributed by atoms with Crippen LogP contribution in [0.5, 0.6) is 0 Å². The van der Waals surface area contributed by atoms with E-state index in [9.17, 15) is 14.7 Å². The highest BCUT2D eigenvalue weighted by Gasteiger charge is 2.58. The second-order valence-electron chi connectivity index (χ2n) is 8.15. The van der Waals surface area contributed by atoms with Crippen LogP contribution >= 0.6 is 0 Å². The molecule has 146 valence electrons. The number of para-hydroxylation sites is 1. The van der Waals surface area contributed by atoms with E-state index in [-0.39, 0.29) is 18.8 Å². The number of morpholine rings is 1. The van der Waals surface area contributed by atoms with E-state index in [0.717, 1.165) is 13.1 Å². The monoisotopic (exact) mass is 374 g/mol. The van der Waals surface area contributed by atoms with Gasteiger partial charge in [-0.25, -0.2) is 0 Å². The standard InChI is InChI=1S/C20H26N2O5/c1-19(2)11-17(23)15(12-27-19)20(25)14-5-3-4-6-16(14)22(18(20)24)13-21-7-9-26-10-8-21/h3-6,15,25H,7-13H2,1-2H3/t15-,20+/m0/s1. The molecule has 3 aliphatic heterocycles. The van der Waals surface area contributed by atoms with E-state index in [1.807, 2.05) is 26.0 Å². The van der Waals surface area contributed by atoms with E-state index in [1.54, 1.807) is 17.0 Å². The van der Waals surface area contributed by atoms with Crippen molar-refractivity contribution in [3.63, 3.8) is 0 Å². The van der Waals surface area contributed by atoms with Gasteiger partial charge in [0.25, 0.3) is 5.91 Å². The van der Waals surface area contributed by atoms with Crippen molar-refractivity contribution in [2.24, 2.45) is 5.92 Å². The molecule has 0 spiro atoms. The summed E-state index contributed by atoms with van der Waals surface area (Å²) in [6.45, 7) is 6.80. The van der Waals surface area contributed by atoms with Crippen molar-refractivity contribution in [3.05, 3.63) is 29.8 Å². The molecule has 1 aromatic rings. The summed E-state index contributed by atoms with van der Waals surface area (Å²) in [5.74, 6) is -1.48. The second-order valence-corrected chi connectivity index (χ2v) is 8.15. The van der Waals surface area contributed by atoms with Crippen molar-refractivity contribution in [3.8, 4) is 0 Å². The van der Waals surface area contributed by atoms with Crippen LogP contribution in [0.1, 0.15) is 25.8 Å². The zero-order valence-electron chi connectivity index (χ0n) is 15.8. The van der Waals surface area contributed by atoms with Crippen LogP contribution in [0.4, 0.5) is 5.69 Å². The lowest BCUT2D eigenvalue weighted by Crippen LogP contribution is -2.55. The van der Waals surface area contributed by atoms with Crippen LogP contribution in [-0.4, -0.2) is 66.9 Å². The first-order valence-corrected chi connectivity index (χ1v) is 9.43. The van der Waals surface area contributed by atoms with E-state index in [1.165, 1.54) is 0 Å². The van der Waals surface area contributed by atoms with E-state index >= 15 is 0 Å². The third kappa shape index (κ3) is 3.08. The van der Waals surface area contributed by atoms with Gasteiger partial charge in [0.05, 0.1) is 43.7 Å². The molecular weight excluding hydrogens is 348 g/mol. The molecule has 0 aliphatic carbocycles. The maximum atomic E-state index is 13.4. The molecule has 0 aromatic heterocycles. The molecule has 4 rings (SSSR count). The fourth-order valence-corrected chi connectivity index (χ4v) is 4.23. The van der Waals surface area contributed by atoms with Crippen molar-refractivity contribution >= 4 is 17.4 Å². The molecule has 7 heteroatoms. The summed E-state index contributed by atoms with van der Waals surface area (Å²) in [6.07, 6.45) is 0.179. The Morgan fingerprint density at radius 2 is 1.89 bits per heavy atom. The van der Waals surface area contributed by atoms with Crippen LogP contribution < -0.4 is 4.90 Å². The van der Waals surface area contributed by atoms with Gasteiger partial charge in [-0.1, -0.05) is 18.2 Å². The molecule has 0 saturated carbocycles. The first-order valence-electron chi connectivity index (χ1n) is 9.43. The molecule has 3 heterocycles. The number of hydrogen-bond acceptors (Lipinski definition) is 6. The normalized spacial score (nSPS) is 31.2. The van der Waals surface area contributed by atoms with E-state index in [0.29, 0.717) is 31.1 Å². The molecule has 0 unspecified atom stereocenters. The second kappa shape index (κ2) is 6.67. The van der Waals surface area contributed by atoms with Crippen molar-refractivity contribution in [2.45, 2.75) is 31.5 Å². The zero-order valence-corrected chi connectivity index (χ0v) is 15.8. The number of fused-ring (bicyclic) bond motifs is 1. The smallest absolute Gasteiger partial charge is 0.265 e. The highest BCUT2D eigenvalue weighted by atomic mass is 16.5. The number of amides is 1. The average Bonchev–Trinajstić information content (AvgIpc) is 2.85. The summed E-state index contributed by atoms with van der Waals surface area (Å²) in [4.78, 5) is 29.9. The summed E-state index contributed by atoms with van der Waals surface area (Å²) >= 11 is 0. The van der Waals surface area contributed by atoms with E-state index in [2.05, 4.69) is 4.90 Å². The van der Waals surface area contributed by atoms with E-state index in [4.69, 9.17) is 9.47 Å². The zero-order chi connectivity index (χ0) is 19.2. The summed E-state index contributed by atoms with van der Waals surface area (Å²) in [5, 5.41) is 11.5. The highest BCUT2D eigenvalue weighted by molar-refractivity contribution is 6.09. The van der Waals surface area contributed by atoms with Gasteiger partial charge in [-0.05, 0) is 19.9 Å². The fraction of sp³-hybridized carbons (Fsp3) is 0.600. The average molecular weight is 374 g/mol. The Morgan fingerprint density at radius 3 is 2.59 bits per heavy atom. The van der Waals surface area contributed by atoms with Gasteiger partial charge in [0, 0.05) is 25.1 Å². The Bertz CT molecular complexity index is 758. The molecule has 1 N–H and O–H groups in total. The highest BCUT2D eigenvalue weighted by Crippen LogP contribution is 2.47. The molecule has 3 aliphatic rings. The summed E-state index contributed by atoms with van der Waals surface area (Å²) in [6, 6.07) is 7.18. The van der Waals surface area contributed by atoms with Crippen LogP contribution in [0.3, 0.4) is 0 Å². The Morgan fingerprint density at radius 1 is 1.19 bits per heavy atom. The number of anilines is 1. The van der Waals surface area contributed by atoms with Crippen LogP contribution in [0, 0.1) is 5.92 Å². The van der Waals surface area contributed by atoms with Crippen LogP contribution in [0.2, 0.25) is 0 Å². The van der Waals surface area contributed by atoms with Gasteiger partial charge in [0.1, 0.15) is 5.78 Å². The summed E-state index contributed by atoms with van der Waals surface area (Å²) < 4.78 is 11.2. The van der Waals surface area contributed by atoms with Crippen molar-refractivity contribution < 1.29 is 24.2 Å². The van der Waals surface area contributed by atoms with Gasteiger partial charge < -0.3 is 14.6 Å². The number of ketones is 1. The maximum Gasteiger partial charge on any atom is 0.265 e. The third-order valence-corrected chi connectivity index (χ3v) is 5.76. The maximum absolute atomic E-state index is 13.4. The van der Waals surface area contributed by atoms with Crippen molar-refractivity contribution in [2.75, 3.05) is 44.5 Å². The molecular formula is C20H26N2O5. The van der Waals surface area contributed by atoms with Gasteiger partial charge in [0.2, 0.25) is 0 Å². The van der Waals surface area contributed by atoms with Crippen molar-refractivity contribution in [1.82, 2.24) is 4.90 Å². The molecule has 2 atom stereocenters. The Hall–Kier alpha value is -1.80. The molecule has 7 nitrogen and oxygen atoms in total. The molecule has 0 radical (unpaired) electrons. The molecule has 0 bridgehead atoms. The minimum absolute atomic E-state index is 0.0355. The van der Waals surface area contributed by atoms with Crippen LogP contribution in [0.25, 0.3) is 0 Å². The number of carbonyl (C=O) groups excluding carboxylic acids is 2. The first-order chi connectivity index (χ1) is 12.8. The number of Topliss-reactive ketones (excluding diaryl/α,β-unsaturated/α-hetero) is 1. The molecule has 1 amide bonds. The summed E-state index contributed by atoms with van der Waals surface area (Å²) in [7, 11) is 0. The van der Waals surface area contributed by atoms with Crippen molar-refractivity contribution in [1.29, 1.82) is 0 Å². The third-order valence-electron chi connectivity index (χ3n) is 5.76. The number of nitrogens with zero attached hydrogens (tertiary/aromatic N) is 2. The van der Waals surface area contributed by atoms with Crippen LogP contribution in [0.15, 0.2) is 24.3 Å². The summed E-state index contributed by atoms with van der Waals surface area (Å²) in [5.41, 5.74) is -1.30.